The van der Waals surface area contributed by atoms with Crippen molar-refractivity contribution in [2.24, 2.45) is 0 Å². The molecule has 0 saturated heterocycles. The summed E-state index contributed by atoms with van der Waals surface area (Å²) in [5, 5.41) is 9.46. The van der Waals surface area contributed by atoms with Crippen molar-refractivity contribution in [2.75, 3.05) is 17.2 Å². The molecule has 3 N–H and O–H groups in total. The van der Waals surface area contributed by atoms with Gasteiger partial charge in [0, 0.05) is 35.8 Å². The van der Waals surface area contributed by atoms with E-state index in [0.29, 0.717) is 12.4 Å². The van der Waals surface area contributed by atoms with Gasteiger partial charge in [-0.2, -0.15) is 13.2 Å². The molecule has 1 aliphatic rings. The zero-order valence-corrected chi connectivity index (χ0v) is 16.0. The minimum absolute atomic E-state index is 0.272. The van der Waals surface area contributed by atoms with E-state index in [2.05, 4.69) is 25.9 Å². The molecule has 0 radical (unpaired) electrons. The lowest BCUT2D eigenvalue weighted by Gasteiger charge is -2.14. The van der Waals surface area contributed by atoms with Crippen LogP contribution in [0.1, 0.15) is 22.2 Å². The number of urea groups is 1. The van der Waals surface area contributed by atoms with Crippen molar-refractivity contribution in [3.8, 4) is 10.4 Å². The van der Waals surface area contributed by atoms with Crippen LogP contribution >= 0.6 is 11.3 Å². The third kappa shape index (κ3) is 4.16. The highest BCUT2D eigenvalue weighted by atomic mass is 32.1. The van der Waals surface area contributed by atoms with Crippen molar-refractivity contribution in [3.63, 3.8) is 0 Å². The van der Waals surface area contributed by atoms with Gasteiger partial charge >= 0.3 is 12.2 Å². The van der Waals surface area contributed by atoms with E-state index < -0.39 is 17.8 Å². The molecule has 0 fully saturated rings. The van der Waals surface area contributed by atoms with Crippen molar-refractivity contribution >= 4 is 28.9 Å². The Bertz CT molecular complexity index is 1050. The lowest BCUT2D eigenvalue weighted by atomic mass is 10.1. The Morgan fingerprint density at radius 1 is 1.21 bits per heavy atom. The maximum absolute atomic E-state index is 12.6. The second kappa shape index (κ2) is 7.36. The van der Waals surface area contributed by atoms with Crippen LogP contribution in [0.25, 0.3) is 10.4 Å². The molecule has 1 aliphatic heterocycles. The number of alkyl halides is 3. The minimum Gasteiger partial charge on any atom is -0.367 e. The van der Waals surface area contributed by atoms with Crippen LogP contribution in [0.4, 0.5) is 29.5 Å². The molecule has 2 aromatic heterocycles. The molecule has 0 bridgehead atoms. The van der Waals surface area contributed by atoms with Gasteiger partial charge in [-0.05, 0) is 37.3 Å². The Labute approximate surface area is 168 Å². The number of carbonyl (C=O) groups is 1. The lowest BCUT2D eigenvalue weighted by Crippen LogP contribution is -2.33. The number of benzene rings is 1. The van der Waals surface area contributed by atoms with E-state index >= 15 is 0 Å². The lowest BCUT2D eigenvalue weighted by molar-refractivity contribution is -0.137. The smallest absolute Gasteiger partial charge is 0.367 e. The SMILES string of the molecule is Cc1ncc(-c2cnc3c(c2)C(NC(=O)Nc2ccc(C(F)(F)F)cc2)CN3)s1. The number of carbonyl (C=O) groups excluding carboxylic acids is 1. The minimum atomic E-state index is -4.42. The molecular formula is C19H16F3N5OS. The summed E-state index contributed by atoms with van der Waals surface area (Å²) in [5.74, 6) is 0.690. The molecule has 0 spiro atoms. The van der Waals surface area contributed by atoms with Crippen molar-refractivity contribution in [2.45, 2.75) is 19.1 Å². The summed E-state index contributed by atoms with van der Waals surface area (Å²) < 4.78 is 37.9. The first kappa shape index (κ1) is 19.2. The Hall–Kier alpha value is -3.14. The number of hydrogen-bond donors (Lipinski definition) is 3. The largest absolute Gasteiger partial charge is 0.416 e. The van der Waals surface area contributed by atoms with E-state index in [0.717, 1.165) is 33.1 Å². The molecule has 0 saturated carbocycles. The fraction of sp³-hybridized carbons (Fsp3) is 0.211. The number of aromatic nitrogens is 2. The highest BCUT2D eigenvalue weighted by molar-refractivity contribution is 7.15. The quantitative estimate of drug-likeness (QED) is 0.569. The maximum Gasteiger partial charge on any atom is 0.416 e. The first-order valence-electron chi connectivity index (χ1n) is 8.71. The zero-order valence-electron chi connectivity index (χ0n) is 15.2. The number of fused-ring (bicyclic) bond motifs is 1. The topological polar surface area (TPSA) is 78.9 Å². The number of nitrogens with zero attached hydrogens (tertiary/aromatic N) is 2. The van der Waals surface area contributed by atoms with Gasteiger partial charge in [-0.3, -0.25) is 0 Å². The number of halogens is 3. The summed E-state index contributed by atoms with van der Waals surface area (Å²) >= 11 is 1.55. The van der Waals surface area contributed by atoms with Crippen LogP contribution in [0, 0.1) is 6.92 Å². The van der Waals surface area contributed by atoms with Gasteiger partial charge in [0.2, 0.25) is 0 Å². The summed E-state index contributed by atoms with van der Waals surface area (Å²) in [6.07, 6.45) is -0.879. The molecule has 10 heteroatoms. The van der Waals surface area contributed by atoms with Crippen LogP contribution in [-0.4, -0.2) is 22.5 Å². The molecule has 4 rings (SSSR count). The van der Waals surface area contributed by atoms with Gasteiger partial charge in [-0.25, -0.2) is 14.8 Å². The Balaban J connectivity index is 1.45. The molecule has 1 aromatic carbocycles. The van der Waals surface area contributed by atoms with Gasteiger partial charge < -0.3 is 16.0 Å². The van der Waals surface area contributed by atoms with E-state index in [4.69, 9.17) is 0 Å². The van der Waals surface area contributed by atoms with Crippen molar-refractivity contribution in [3.05, 3.63) is 58.9 Å². The number of thiazole rings is 1. The Morgan fingerprint density at radius 2 is 1.97 bits per heavy atom. The van der Waals surface area contributed by atoms with E-state index in [1.165, 1.54) is 12.1 Å². The van der Waals surface area contributed by atoms with Crippen molar-refractivity contribution < 1.29 is 18.0 Å². The summed E-state index contributed by atoms with van der Waals surface area (Å²) in [6, 6.07) is 5.41. The molecule has 1 unspecified atom stereocenters. The molecule has 1 atom stereocenters. The highest BCUT2D eigenvalue weighted by Gasteiger charge is 2.30. The third-order valence-electron chi connectivity index (χ3n) is 4.45. The first-order chi connectivity index (χ1) is 13.8. The fourth-order valence-corrected chi connectivity index (χ4v) is 3.79. The number of hydrogen-bond acceptors (Lipinski definition) is 5. The van der Waals surface area contributed by atoms with Crippen LogP contribution in [0.3, 0.4) is 0 Å². The predicted molar refractivity (Wildman–Crippen MR) is 105 cm³/mol. The zero-order chi connectivity index (χ0) is 20.6. The molecule has 0 aliphatic carbocycles. The average molecular weight is 419 g/mol. The Kier molecular flexibility index (Phi) is 4.87. The molecule has 29 heavy (non-hydrogen) atoms. The standard InChI is InChI=1S/C19H16F3N5OS/c1-10-23-9-16(29-10)11-6-14-15(8-25-17(14)24-7-11)27-18(28)26-13-4-2-12(3-5-13)19(20,21)22/h2-7,9,15H,8H2,1H3,(H,24,25)(H2,26,27,28). The van der Waals surface area contributed by atoms with Gasteiger partial charge in [0.05, 0.1) is 21.5 Å². The van der Waals surface area contributed by atoms with Crippen LogP contribution in [0.15, 0.2) is 42.7 Å². The number of anilines is 2. The Morgan fingerprint density at radius 3 is 2.62 bits per heavy atom. The van der Waals surface area contributed by atoms with Crippen LogP contribution < -0.4 is 16.0 Å². The molecule has 2 amide bonds. The van der Waals surface area contributed by atoms with E-state index in [1.54, 1.807) is 23.7 Å². The van der Waals surface area contributed by atoms with Crippen molar-refractivity contribution in [1.29, 1.82) is 0 Å². The summed E-state index contributed by atoms with van der Waals surface area (Å²) in [6.45, 7) is 2.39. The highest BCUT2D eigenvalue weighted by Crippen LogP contribution is 2.34. The molecule has 150 valence electrons. The van der Waals surface area contributed by atoms with E-state index in [-0.39, 0.29) is 11.7 Å². The average Bonchev–Trinajstić information content (AvgIpc) is 3.27. The second-order valence-electron chi connectivity index (χ2n) is 6.51. The number of nitrogens with one attached hydrogen (secondary N) is 3. The van der Waals surface area contributed by atoms with Gasteiger partial charge in [0.25, 0.3) is 0 Å². The second-order valence-corrected chi connectivity index (χ2v) is 7.75. The van der Waals surface area contributed by atoms with Crippen LogP contribution in [0.2, 0.25) is 0 Å². The van der Waals surface area contributed by atoms with Crippen LogP contribution in [0.5, 0.6) is 0 Å². The first-order valence-corrected chi connectivity index (χ1v) is 9.52. The van der Waals surface area contributed by atoms with E-state index in [9.17, 15) is 18.0 Å². The monoisotopic (exact) mass is 419 g/mol. The molecule has 3 heterocycles. The third-order valence-corrected chi connectivity index (χ3v) is 5.41. The van der Waals surface area contributed by atoms with Gasteiger partial charge in [-0.1, -0.05) is 0 Å². The van der Waals surface area contributed by atoms with Crippen molar-refractivity contribution in [1.82, 2.24) is 15.3 Å². The maximum atomic E-state index is 12.6. The molecular weight excluding hydrogens is 403 g/mol. The van der Waals surface area contributed by atoms with Crippen LogP contribution in [-0.2, 0) is 6.18 Å². The predicted octanol–water partition coefficient (Wildman–Crippen LogP) is 4.82. The summed E-state index contributed by atoms with van der Waals surface area (Å²) in [4.78, 5) is 22.0. The van der Waals surface area contributed by atoms with Gasteiger partial charge in [0.15, 0.2) is 0 Å². The van der Waals surface area contributed by atoms with Gasteiger partial charge in [-0.15, -0.1) is 11.3 Å². The number of rotatable bonds is 3. The molecule has 3 aromatic rings. The number of amides is 2. The summed E-state index contributed by atoms with van der Waals surface area (Å²) in [5.41, 5.74) is 1.26. The van der Waals surface area contributed by atoms with E-state index in [1.807, 2.05) is 13.0 Å². The fourth-order valence-electron chi connectivity index (χ4n) is 3.03. The van der Waals surface area contributed by atoms with Gasteiger partial charge in [0.1, 0.15) is 5.82 Å². The molecule has 6 nitrogen and oxygen atoms in total. The normalized spacial score (nSPS) is 15.5. The number of aryl methyl sites for hydroxylation is 1. The summed E-state index contributed by atoms with van der Waals surface area (Å²) in [7, 11) is 0. The number of pyridine rings is 1.